The molecule has 8 heteroatoms. The maximum Gasteiger partial charge on any atom is 0.401 e. The van der Waals surface area contributed by atoms with E-state index in [0.717, 1.165) is 0 Å². The Hall–Kier alpha value is -1.57. The van der Waals surface area contributed by atoms with Crippen LogP contribution < -0.4 is 5.32 Å². The lowest BCUT2D eigenvalue weighted by molar-refractivity contribution is -0.149. The van der Waals surface area contributed by atoms with Crippen LogP contribution in [0.5, 0.6) is 0 Å². The number of piperidine rings is 1. The lowest BCUT2D eigenvalue weighted by atomic mass is 9.96. The number of nitrogens with one attached hydrogen (secondary N) is 1. The molecule has 0 aromatic carbocycles. The van der Waals surface area contributed by atoms with Crippen LogP contribution in [-0.2, 0) is 11.3 Å². The van der Waals surface area contributed by atoms with Gasteiger partial charge in [0.2, 0.25) is 5.91 Å². The van der Waals surface area contributed by atoms with Crippen LogP contribution in [0.3, 0.4) is 0 Å². The van der Waals surface area contributed by atoms with E-state index in [1.54, 1.807) is 12.5 Å². The van der Waals surface area contributed by atoms with Crippen LogP contribution in [0.4, 0.5) is 13.2 Å². The van der Waals surface area contributed by atoms with Gasteiger partial charge in [0.05, 0.1) is 12.9 Å². The van der Waals surface area contributed by atoms with Crippen LogP contribution in [0.15, 0.2) is 18.7 Å². The molecule has 1 N–H and O–H groups in total. The summed E-state index contributed by atoms with van der Waals surface area (Å²) < 4.78 is 38.7. The Balaban J connectivity index is 1.66. The van der Waals surface area contributed by atoms with Crippen LogP contribution in [0, 0.1) is 5.92 Å². The first-order valence-electron chi connectivity index (χ1n) is 6.96. The van der Waals surface area contributed by atoms with Crippen molar-refractivity contribution in [2.75, 3.05) is 26.2 Å². The molecule has 118 valence electrons. The van der Waals surface area contributed by atoms with Gasteiger partial charge in [0.15, 0.2) is 0 Å². The third kappa shape index (κ3) is 5.37. The molecule has 1 fully saturated rings. The van der Waals surface area contributed by atoms with E-state index in [2.05, 4.69) is 10.3 Å². The summed E-state index contributed by atoms with van der Waals surface area (Å²) in [5.74, 6) is -0.251. The third-order valence-electron chi connectivity index (χ3n) is 3.59. The second kappa shape index (κ2) is 6.93. The molecule has 2 rings (SSSR count). The Labute approximate surface area is 121 Å². The molecule has 0 saturated carbocycles. The van der Waals surface area contributed by atoms with Crippen LogP contribution >= 0.6 is 0 Å². The highest BCUT2D eigenvalue weighted by Gasteiger charge is 2.33. The third-order valence-corrected chi connectivity index (χ3v) is 3.59. The van der Waals surface area contributed by atoms with Crippen LogP contribution in [0.25, 0.3) is 0 Å². The zero-order valence-electron chi connectivity index (χ0n) is 11.6. The van der Waals surface area contributed by atoms with E-state index in [0.29, 0.717) is 39.0 Å². The maximum absolute atomic E-state index is 12.3. The fourth-order valence-corrected chi connectivity index (χ4v) is 2.48. The first kappa shape index (κ1) is 15.8. The minimum atomic E-state index is -4.17. The summed E-state index contributed by atoms with van der Waals surface area (Å²) in [5, 5.41) is 2.83. The predicted octanol–water partition coefficient (Wildman–Crippen LogP) is 1.27. The number of amides is 1. The van der Waals surface area contributed by atoms with Gasteiger partial charge < -0.3 is 9.88 Å². The molecule has 0 spiro atoms. The molecule has 0 atom stereocenters. The Kier molecular flexibility index (Phi) is 5.22. The first-order valence-corrected chi connectivity index (χ1v) is 6.96. The topological polar surface area (TPSA) is 50.2 Å². The minimum Gasteiger partial charge on any atom is -0.354 e. The van der Waals surface area contributed by atoms with E-state index in [1.807, 2.05) is 10.8 Å². The van der Waals surface area contributed by atoms with E-state index in [1.165, 1.54) is 4.90 Å². The number of hydrogen-bond acceptors (Lipinski definition) is 3. The molecule has 1 amide bonds. The van der Waals surface area contributed by atoms with Crippen molar-refractivity contribution in [2.45, 2.75) is 25.6 Å². The summed E-state index contributed by atoms with van der Waals surface area (Å²) in [5.41, 5.74) is 0. The monoisotopic (exact) mass is 304 g/mol. The molecule has 1 aliphatic rings. The molecule has 1 aliphatic heterocycles. The smallest absolute Gasteiger partial charge is 0.354 e. The van der Waals surface area contributed by atoms with Gasteiger partial charge in [-0.1, -0.05) is 0 Å². The number of carbonyl (C=O) groups is 1. The van der Waals surface area contributed by atoms with E-state index in [-0.39, 0.29) is 11.8 Å². The van der Waals surface area contributed by atoms with Crippen molar-refractivity contribution in [1.82, 2.24) is 19.8 Å². The van der Waals surface area contributed by atoms with Gasteiger partial charge in [0, 0.05) is 31.4 Å². The molecular formula is C13H19F3N4O. The van der Waals surface area contributed by atoms with E-state index in [9.17, 15) is 18.0 Å². The van der Waals surface area contributed by atoms with Crippen molar-refractivity contribution in [2.24, 2.45) is 5.92 Å². The Morgan fingerprint density at radius 2 is 2.05 bits per heavy atom. The standard InChI is InChI=1S/C13H19F3N4O/c14-13(15,16)9-19-5-1-11(2-6-19)12(21)18-4-8-20-7-3-17-10-20/h3,7,10-11H,1-2,4-6,8-9H2,(H,18,21). The van der Waals surface area contributed by atoms with Gasteiger partial charge in [-0.25, -0.2) is 4.98 Å². The summed E-state index contributed by atoms with van der Waals surface area (Å²) in [6.07, 6.45) is 1.93. The van der Waals surface area contributed by atoms with Gasteiger partial charge in [-0.2, -0.15) is 13.2 Å². The lowest BCUT2D eigenvalue weighted by Crippen LogP contribution is -2.44. The lowest BCUT2D eigenvalue weighted by Gasteiger charge is -2.31. The minimum absolute atomic E-state index is 0.0678. The summed E-state index contributed by atoms with van der Waals surface area (Å²) in [7, 11) is 0. The number of aromatic nitrogens is 2. The normalized spacial score (nSPS) is 17.9. The summed E-state index contributed by atoms with van der Waals surface area (Å²) in [6.45, 7) is 0.886. The number of carbonyl (C=O) groups excluding carboxylic acids is 1. The number of hydrogen-bond donors (Lipinski definition) is 1. The SMILES string of the molecule is O=C(NCCn1ccnc1)C1CCN(CC(F)(F)F)CC1. The summed E-state index contributed by atoms with van der Waals surface area (Å²) >= 11 is 0. The maximum atomic E-state index is 12.3. The zero-order valence-corrected chi connectivity index (χ0v) is 11.6. The van der Waals surface area contributed by atoms with Gasteiger partial charge >= 0.3 is 6.18 Å². The molecule has 2 heterocycles. The van der Waals surface area contributed by atoms with Gasteiger partial charge in [0.1, 0.15) is 0 Å². The number of halogens is 3. The molecule has 1 aromatic heterocycles. The first-order chi connectivity index (χ1) is 9.94. The van der Waals surface area contributed by atoms with Crippen molar-refractivity contribution in [3.63, 3.8) is 0 Å². The Bertz CT molecular complexity index is 439. The predicted molar refractivity (Wildman–Crippen MR) is 70.5 cm³/mol. The van der Waals surface area contributed by atoms with Gasteiger partial charge in [0.25, 0.3) is 0 Å². The van der Waals surface area contributed by atoms with Crippen LogP contribution in [-0.4, -0.2) is 52.7 Å². The van der Waals surface area contributed by atoms with Crippen molar-refractivity contribution in [1.29, 1.82) is 0 Å². The molecule has 1 saturated heterocycles. The second-order valence-electron chi connectivity index (χ2n) is 5.26. The number of alkyl halides is 3. The van der Waals surface area contributed by atoms with E-state index in [4.69, 9.17) is 0 Å². The van der Waals surface area contributed by atoms with Crippen LogP contribution in [0.2, 0.25) is 0 Å². The van der Waals surface area contributed by atoms with Gasteiger partial charge in [-0.3, -0.25) is 9.69 Å². The quantitative estimate of drug-likeness (QED) is 0.891. The Morgan fingerprint density at radius 3 is 2.62 bits per heavy atom. The average molecular weight is 304 g/mol. The van der Waals surface area contributed by atoms with Crippen LogP contribution in [0.1, 0.15) is 12.8 Å². The molecule has 0 unspecified atom stereocenters. The zero-order chi connectivity index (χ0) is 15.3. The average Bonchev–Trinajstić information content (AvgIpc) is 2.91. The molecule has 1 aromatic rings. The van der Waals surface area contributed by atoms with Crippen molar-refractivity contribution < 1.29 is 18.0 Å². The number of imidazole rings is 1. The molecule has 5 nitrogen and oxygen atoms in total. The fourth-order valence-electron chi connectivity index (χ4n) is 2.48. The highest BCUT2D eigenvalue weighted by Crippen LogP contribution is 2.22. The molecular weight excluding hydrogens is 285 g/mol. The fraction of sp³-hybridized carbons (Fsp3) is 0.692. The summed E-state index contributed by atoms with van der Waals surface area (Å²) in [6, 6.07) is 0. The van der Waals surface area contributed by atoms with Gasteiger partial charge in [-0.05, 0) is 25.9 Å². The summed E-state index contributed by atoms with van der Waals surface area (Å²) in [4.78, 5) is 17.2. The van der Waals surface area contributed by atoms with Crippen molar-refractivity contribution in [3.05, 3.63) is 18.7 Å². The Morgan fingerprint density at radius 1 is 1.33 bits per heavy atom. The molecule has 0 bridgehead atoms. The van der Waals surface area contributed by atoms with E-state index >= 15 is 0 Å². The number of nitrogens with zero attached hydrogens (tertiary/aromatic N) is 3. The highest BCUT2D eigenvalue weighted by molar-refractivity contribution is 5.78. The van der Waals surface area contributed by atoms with E-state index < -0.39 is 12.7 Å². The molecule has 0 radical (unpaired) electrons. The second-order valence-corrected chi connectivity index (χ2v) is 5.26. The molecule has 0 aliphatic carbocycles. The van der Waals surface area contributed by atoms with Crippen molar-refractivity contribution >= 4 is 5.91 Å². The van der Waals surface area contributed by atoms with Crippen molar-refractivity contribution in [3.8, 4) is 0 Å². The highest BCUT2D eigenvalue weighted by atomic mass is 19.4. The number of likely N-dealkylation sites (tertiary alicyclic amines) is 1. The van der Waals surface area contributed by atoms with Gasteiger partial charge in [-0.15, -0.1) is 0 Å². The molecule has 21 heavy (non-hydrogen) atoms. The number of rotatable bonds is 5. The largest absolute Gasteiger partial charge is 0.401 e.